The molecular weight excluding hydrogens is 396 g/mol. The minimum absolute atomic E-state index is 0.0880. The van der Waals surface area contributed by atoms with E-state index in [1.807, 2.05) is 60.5 Å². The summed E-state index contributed by atoms with van der Waals surface area (Å²) in [5.74, 6) is 1.02. The summed E-state index contributed by atoms with van der Waals surface area (Å²) in [5, 5.41) is 10.4. The van der Waals surface area contributed by atoms with Gasteiger partial charge in [0.15, 0.2) is 11.5 Å². The van der Waals surface area contributed by atoms with Crippen LogP contribution in [0.2, 0.25) is 0 Å². The van der Waals surface area contributed by atoms with Crippen molar-refractivity contribution < 1.29 is 24.1 Å². The maximum absolute atomic E-state index is 13.6. The van der Waals surface area contributed by atoms with Gasteiger partial charge in [-0.2, -0.15) is 0 Å². The quantitative estimate of drug-likeness (QED) is 0.667. The molecule has 31 heavy (non-hydrogen) atoms. The van der Waals surface area contributed by atoms with Gasteiger partial charge in [0.1, 0.15) is 11.9 Å². The Balaban J connectivity index is 1.93. The Morgan fingerprint density at radius 2 is 1.48 bits per heavy atom. The van der Waals surface area contributed by atoms with E-state index in [1.54, 1.807) is 24.1 Å². The van der Waals surface area contributed by atoms with E-state index in [9.17, 15) is 9.90 Å². The Labute approximate surface area is 181 Å². The third-order valence-electron chi connectivity index (χ3n) is 5.50. The van der Waals surface area contributed by atoms with E-state index in [0.29, 0.717) is 17.0 Å². The second-order valence-corrected chi connectivity index (χ2v) is 7.15. The summed E-state index contributed by atoms with van der Waals surface area (Å²) >= 11 is 0. The summed E-state index contributed by atoms with van der Waals surface area (Å²) in [6.07, 6.45) is -0.501. The second kappa shape index (κ2) is 8.10. The number of phenolic OH excluding ortho intramolecular Hbond substituents is 1. The number of methoxy groups -OCH3 is 3. The van der Waals surface area contributed by atoms with Gasteiger partial charge in [-0.15, -0.1) is 0 Å². The summed E-state index contributed by atoms with van der Waals surface area (Å²) < 4.78 is 16.0. The summed E-state index contributed by atoms with van der Waals surface area (Å²) in [6.45, 7) is 0. The van der Waals surface area contributed by atoms with Crippen LogP contribution >= 0.6 is 0 Å². The van der Waals surface area contributed by atoms with E-state index < -0.39 is 6.17 Å². The number of carbonyl (C=O) groups excluding carboxylic acids is 1. The van der Waals surface area contributed by atoms with Crippen molar-refractivity contribution in [1.82, 2.24) is 0 Å². The Morgan fingerprint density at radius 3 is 2.06 bits per heavy atom. The number of amides is 1. The first-order chi connectivity index (χ1) is 15.0. The van der Waals surface area contributed by atoms with Gasteiger partial charge >= 0.3 is 0 Å². The number of hydrogen-bond acceptors (Lipinski definition) is 6. The minimum atomic E-state index is -0.501. The molecule has 3 aromatic carbocycles. The van der Waals surface area contributed by atoms with Gasteiger partial charge in [0.25, 0.3) is 5.91 Å². The standard InChI is InChI=1S/C24H24N2O5/c1-25-19-8-6-5-7-18(19)24(28)26(16-9-11-17(29-2)12-10-16)23(25)15-13-20(30-3)22(27)21(14-15)31-4/h5-14,23,27H,1-4H3/t23-/m1/s1. The molecule has 1 amide bonds. The first kappa shape index (κ1) is 20.4. The van der Waals surface area contributed by atoms with Gasteiger partial charge in [-0.05, 0) is 48.5 Å². The number of phenols is 1. The van der Waals surface area contributed by atoms with Crippen LogP contribution in [0.3, 0.4) is 0 Å². The van der Waals surface area contributed by atoms with Gasteiger partial charge in [0, 0.05) is 18.3 Å². The van der Waals surface area contributed by atoms with E-state index in [0.717, 1.165) is 11.3 Å². The molecule has 0 aliphatic carbocycles. The summed E-state index contributed by atoms with van der Waals surface area (Å²) in [7, 11) is 6.48. The maximum Gasteiger partial charge on any atom is 0.262 e. The normalized spacial score (nSPS) is 15.5. The van der Waals surface area contributed by atoms with Crippen LogP contribution in [0.4, 0.5) is 11.4 Å². The molecule has 1 aliphatic heterocycles. The molecule has 0 saturated carbocycles. The van der Waals surface area contributed by atoms with E-state index in [-0.39, 0.29) is 23.2 Å². The number of aromatic hydroxyl groups is 1. The van der Waals surface area contributed by atoms with Crippen molar-refractivity contribution in [2.45, 2.75) is 6.17 Å². The smallest absolute Gasteiger partial charge is 0.262 e. The monoisotopic (exact) mass is 420 g/mol. The molecule has 1 atom stereocenters. The maximum atomic E-state index is 13.6. The Hall–Kier alpha value is -3.87. The number of nitrogens with zero attached hydrogens (tertiary/aromatic N) is 2. The van der Waals surface area contributed by atoms with Crippen LogP contribution < -0.4 is 24.0 Å². The fourth-order valence-electron chi connectivity index (χ4n) is 3.94. The van der Waals surface area contributed by atoms with Crippen molar-refractivity contribution in [3.8, 4) is 23.0 Å². The Kier molecular flexibility index (Phi) is 5.33. The zero-order chi connectivity index (χ0) is 22.1. The predicted octanol–water partition coefficient (Wildman–Crippen LogP) is 4.21. The molecule has 0 fully saturated rings. The van der Waals surface area contributed by atoms with Gasteiger partial charge in [-0.1, -0.05) is 12.1 Å². The molecule has 1 aliphatic rings. The van der Waals surface area contributed by atoms with Gasteiger partial charge in [0.2, 0.25) is 5.75 Å². The number of anilines is 2. The van der Waals surface area contributed by atoms with Crippen molar-refractivity contribution in [1.29, 1.82) is 0 Å². The molecule has 0 spiro atoms. The van der Waals surface area contributed by atoms with E-state index in [1.165, 1.54) is 14.2 Å². The van der Waals surface area contributed by atoms with Crippen molar-refractivity contribution in [3.63, 3.8) is 0 Å². The lowest BCUT2D eigenvalue weighted by Gasteiger charge is -2.44. The number of ether oxygens (including phenoxy) is 3. The third kappa shape index (κ3) is 3.38. The molecule has 3 aromatic rings. The fraction of sp³-hybridized carbons (Fsp3) is 0.208. The lowest BCUT2D eigenvalue weighted by Crippen LogP contribution is -2.48. The number of hydrogen-bond donors (Lipinski definition) is 1. The summed E-state index contributed by atoms with van der Waals surface area (Å²) in [5.41, 5.74) is 2.86. The lowest BCUT2D eigenvalue weighted by atomic mass is 10.00. The third-order valence-corrected chi connectivity index (χ3v) is 5.50. The minimum Gasteiger partial charge on any atom is -0.502 e. The molecule has 1 N–H and O–H groups in total. The van der Waals surface area contributed by atoms with Crippen LogP contribution in [0.15, 0.2) is 60.7 Å². The van der Waals surface area contributed by atoms with Crippen LogP contribution in [-0.2, 0) is 0 Å². The van der Waals surface area contributed by atoms with Crippen molar-refractivity contribution in [2.24, 2.45) is 0 Å². The molecule has 0 bridgehead atoms. The number of para-hydroxylation sites is 1. The molecule has 0 saturated heterocycles. The van der Waals surface area contributed by atoms with Crippen LogP contribution in [-0.4, -0.2) is 39.4 Å². The van der Waals surface area contributed by atoms with E-state index in [4.69, 9.17) is 14.2 Å². The molecule has 7 nitrogen and oxygen atoms in total. The highest BCUT2D eigenvalue weighted by molar-refractivity contribution is 6.12. The Morgan fingerprint density at radius 1 is 0.871 bits per heavy atom. The average molecular weight is 420 g/mol. The average Bonchev–Trinajstić information content (AvgIpc) is 2.81. The molecule has 0 aromatic heterocycles. The molecule has 160 valence electrons. The van der Waals surface area contributed by atoms with Crippen molar-refractivity contribution in [2.75, 3.05) is 38.2 Å². The predicted molar refractivity (Wildman–Crippen MR) is 119 cm³/mol. The number of benzene rings is 3. The second-order valence-electron chi connectivity index (χ2n) is 7.15. The fourth-order valence-corrected chi connectivity index (χ4v) is 3.94. The molecular formula is C24H24N2O5. The van der Waals surface area contributed by atoms with Crippen LogP contribution in [0.5, 0.6) is 23.0 Å². The number of fused-ring (bicyclic) bond motifs is 1. The Bertz CT molecular complexity index is 1090. The highest BCUT2D eigenvalue weighted by atomic mass is 16.5. The highest BCUT2D eigenvalue weighted by Gasteiger charge is 2.38. The van der Waals surface area contributed by atoms with Gasteiger partial charge in [-0.25, -0.2) is 0 Å². The summed E-state index contributed by atoms with van der Waals surface area (Å²) in [6, 6.07) is 18.3. The zero-order valence-electron chi connectivity index (χ0n) is 17.8. The molecule has 0 unspecified atom stereocenters. The van der Waals surface area contributed by atoms with Crippen LogP contribution in [0.1, 0.15) is 22.1 Å². The molecule has 0 radical (unpaired) electrons. The summed E-state index contributed by atoms with van der Waals surface area (Å²) in [4.78, 5) is 17.4. The first-order valence-corrected chi connectivity index (χ1v) is 9.74. The van der Waals surface area contributed by atoms with Gasteiger partial charge in [-0.3, -0.25) is 9.69 Å². The highest BCUT2D eigenvalue weighted by Crippen LogP contribution is 2.45. The van der Waals surface area contributed by atoms with Gasteiger partial charge < -0.3 is 24.2 Å². The molecule has 4 rings (SSSR count). The van der Waals surface area contributed by atoms with Crippen molar-refractivity contribution >= 4 is 17.3 Å². The van der Waals surface area contributed by atoms with E-state index in [2.05, 4.69) is 0 Å². The first-order valence-electron chi connectivity index (χ1n) is 9.74. The van der Waals surface area contributed by atoms with Crippen LogP contribution in [0.25, 0.3) is 0 Å². The van der Waals surface area contributed by atoms with Crippen LogP contribution in [0, 0.1) is 0 Å². The van der Waals surface area contributed by atoms with Gasteiger partial charge in [0.05, 0.1) is 32.6 Å². The number of rotatable bonds is 5. The van der Waals surface area contributed by atoms with Crippen molar-refractivity contribution in [3.05, 3.63) is 71.8 Å². The molecule has 1 heterocycles. The largest absolute Gasteiger partial charge is 0.502 e. The van der Waals surface area contributed by atoms with E-state index >= 15 is 0 Å². The number of carbonyl (C=O) groups is 1. The molecule has 7 heteroatoms. The SMILES string of the molecule is COc1ccc(N2C(=O)c3ccccc3N(C)[C@H]2c2cc(OC)c(O)c(OC)c2)cc1. The topological polar surface area (TPSA) is 71.5 Å². The lowest BCUT2D eigenvalue weighted by molar-refractivity contribution is 0.0969. The zero-order valence-corrected chi connectivity index (χ0v) is 17.8.